The highest BCUT2D eigenvalue weighted by Gasteiger charge is 2.80. The van der Waals surface area contributed by atoms with Gasteiger partial charge in [-0.3, -0.25) is 4.90 Å². The molecular formula is C15H25F3N2. The monoisotopic (exact) mass is 290 g/mol. The van der Waals surface area contributed by atoms with E-state index in [9.17, 15) is 13.2 Å². The van der Waals surface area contributed by atoms with Crippen LogP contribution in [0.15, 0.2) is 0 Å². The minimum absolute atomic E-state index is 0.0460. The molecule has 4 aliphatic rings. The highest BCUT2D eigenvalue weighted by molar-refractivity contribution is 5.23. The maximum absolute atomic E-state index is 13.0. The largest absolute Gasteiger partial charge is 0.394 e. The Labute approximate surface area is 119 Å². The molecule has 3 saturated carbocycles. The molecule has 1 aliphatic heterocycles. The molecule has 0 aromatic rings. The van der Waals surface area contributed by atoms with E-state index in [1.165, 1.54) is 0 Å². The fourth-order valence-corrected chi connectivity index (χ4v) is 5.02. The van der Waals surface area contributed by atoms with E-state index in [1.54, 1.807) is 0 Å². The Morgan fingerprint density at radius 2 is 1.85 bits per heavy atom. The molecule has 3 atom stereocenters. The van der Waals surface area contributed by atoms with Crippen molar-refractivity contribution in [2.75, 3.05) is 13.1 Å². The average Bonchev–Trinajstić information content (AvgIpc) is 2.23. The molecular weight excluding hydrogens is 265 g/mol. The number of rotatable bonds is 3. The van der Waals surface area contributed by atoms with Gasteiger partial charge in [-0.25, -0.2) is 0 Å². The van der Waals surface area contributed by atoms with Gasteiger partial charge in [0.25, 0.3) is 0 Å². The van der Waals surface area contributed by atoms with Crippen molar-refractivity contribution in [1.29, 1.82) is 0 Å². The van der Waals surface area contributed by atoms with E-state index in [2.05, 4.69) is 31.0 Å². The maximum Gasteiger partial charge on any atom is 0.394 e. The molecule has 0 amide bonds. The van der Waals surface area contributed by atoms with Crippen LogP contribution in [0.3, 0.4) is 0 Å². The molecule has 3 aliphatic carbocycles. The summed E-state index contributed by atoms with van der Waals surface area (Å²) in [6.07, 6.45) is -1.92. The Balaban J connectivity index is 1.71. The molecule has 1 N–H and O–H groups in total. The molecule has 0 spiro atoms. The molecule has 2 bridgehead atoms. The quantitative estimate of drug-likeness (QED) is 0.859. The SMILES string of the molecule is CCC(N1C[C@H](C)NC[C@H]1C)C12CC(C(F)(F)F)(C1)C2. The highest BCUT2D eigenvalue weighted by atomic mass is 19.4. The van der Waals surface area contributed by atoms with Crippen LogP contribution in [0.1, 0.15) is 46.5 Å². The van der Waals surface area contributed by atoms with Crippen LogP contribution in [-0.4, -0.2) is 42.3 Å². The first-order chi connectivity index (χ1) is 9.23. The lowest BCUT2D eigenvalue weighted by Crippen LogP contribution is -2.75. The van der Waals surface area contributed by atoms with Crippen LogP contribution in [0.2, 0.25) is 0 Å². The highest BCUT2D eigenvalue weighted by Crippen LogP contribution is 2.80. The Morgan fingerprint density at radius 3 is 2.35 bits per heavy atom. The summed E-state index contributed by atoms with van der Waals surface area (Å²) in [5.41, 5.74) is -1.36. The van der Waals surface area contributed by atoms with Crippen LogP contribution in [0.25, 0.3) is 0 Å². The summed E-state index contributed by atoms with van der Waals surface area (Å²) in [4.78, 5) is 2.47. The molecule has 5 heteroatoms. The van der Waals surface area contributed by atoms with Crippen molar-refractivity contribution in [3.8, 4) is 0 Å². The Morgan fingerprint density at radius 1 is 1.25 bits per heavy atom. The van der Waals surface area contributed by atoms with E-state index in [1.807, 2.05) is 0 Å². The second-order valence-corrected chi connectivity index (χ2v) is 7.45. The summed E-state index contributed by atoms with van der Waals surface area (Å²) in [5, 5.41) is 3.45. The molecule has 0 radical (unpaired) electrons. The van der Waals surface area contributed by atoms with Crippen molar-refractivity contribution in [1.82, 2.24) is 10.2 Å². The van der Waals surface area contributed by atoms with Crippen LogP contribution in [0, 0.1) is 10.8 Å². The molecule has 1 unspecified atom stereocenters. The van der Waals surface area contributed by atoms with Gasteiger partial charge < -0.3 is 5.32 Å². The lowest BCUT2D eigenvalue weighted by molar-refractivity contribution is -0.376. The van der Waals surface area contributed by atoms with Gasteiger partial charge in [-0.1, -0.05) is 6.92 Å². The van der Waals surface area contributed by atoms with E-state index in [4.69, 9.17) is 0 Å². The fraction of sp³-hybridized carbons (Fsp3) is 1.00. The fourth-order valence-electron chi connectivity index (χ4n) is 5.02. The van der Waals surface area contributed by atoms with Crippen molar-refractivity contribution < 1.29 is 13.2 Å². The third-order valence-electron chi connectivity index (χ3n) is 5.98. The van der Waals surface area contributed by atoms with E-state index in [0.29, 0.717) is 37.4 Å². The van der Waals surface area contributed by atoms with E-state index < -0.39 is 11.6 Å². The molecule has 20 heavy (non-hydrogen) atoms. The average molecular weight is 290 g/mol. The van der Waals surface area contributed by atoms with Gasteiger partial charge in [0.1, 0.15) is 0 Å². The summed E-state index contributed by atoms with van der Waals surface area (Å²) < 4.78 is 39.1. The number of hydrogen-bond acceptors (Lipinski definition) is 2. The van der Waals surface area contributed by atoms with Crippen molar-refractivity contribution in [3.63, 3.8) is 0 Å². The van der Waals surface area contributed by atoms with Crippen LogP contribution in [-0.2, 0) is 0 Å². The van der Waals surface area contributed by atoms with Crippen molar-refractivity contribution >= 4 is 0 Å². The van der Waals surface area contributed by atoms with Crippen molar-refractivity contribution in [3.05, 3.63) is 0 Å². The minimum atomic E-state index is -3.99. The van der Waals surface area contributed by atoms with Crippen LogP contribution in [0.5, 0.6) is 0 Å². The zero-order valence-electron chi connectivity index (χ0n) is 12.6. The molecule has 1 saturated heterocycles. The van der Waals surface area contributed by atoms with Crippen LogP contribution >= 0.6 is 0 Å². The topological polar surface area (TPSA) is 15.3 Å². The Kier molecular flexibility index (Phi) is 3.19. The van der Waals surface area contributed by atoms with Crippen LogP contribution < -0.4 is 5.32 Å². The number of nitrogens with one attached hydrogen (secondary N) is 1. The number of halogens is 3. The number of nitrogens with zero attached hydrogens (tertiary/aromatic N) is 1. The van der Waals surface area contributed by atoms with E-state index >= 15 is 0 Å². The zero-order valence-corrected chi connectivity index (χ0v) is 12.6. The molecule has 4 fully saturated rings. The van der Waals surface area contributed by atoms with Gasteiger partial charge in [-0.2, -0.15) is 13.2 Å². The molecule has 2 nitrogen and oxygen atoms in total. The van der Waals surface area contributed by atoms with E-state index in [0.717, 1.165) is 19.5 Å². The molecule has 116 valence electrons. The van der Waals surface area contributed by atoms with Crippen LogP contribution in [0.4, 0.5) is 13.2 Å². The number of alkyl halides is 3. The molecule has 0 aromatic heterocycles. The third kappa shape index (κ3) is 1.85. The van der Waals surface area contributed by atoms with Gasteiger partial charge in [-0.15, -0.1) is 0 Å². The second-order valence-electron chi connectivity index (χ2n) is 7.45. The summed E-state index contributed by atoms with van der Waals surface area (Å²) in [6.45, 7) is 8.38. The summed E-state index contributed by atoms with van der Waals surface area (Å²) in [6, 6.07) is 1.18. The normalized spacial score (nSPS) is 46.5. The Bertz CT molecular complexity index is 373. The number of hydrogen-bond donors (Lipinski definition) is 1. The zero-order chi connectivity index (χ0) is 14.8. The minimum Gasteiger partial charge on any atom is -0.311 e. The number of piperazine rings is 1. The summed E-state index contributed by atoms with van der Waals surface area (Å²) >= 11 is 0. The van der Waals surface area contributed by atoms with Crippen molar-refractivity contribution in [2.24, 2.45) is 10.8 Å². The first-order valence-corrected chi connectivity index (χ1v) is 7.79. The summed E-state index contributed by atoms with van der Waals surface area (Å²) in [7, 11) is 0. The molecule has 1 heterocycles. The van der Waals surface area contributed by atoms with Gasteiger partial charge in [0.15, 0.2) is 0 Å². The first-order valence-electron chi connectivity index (χ1n) is 7.79. The first kappa shape index (κ1) is 14.6. The van der Waals surface area contributed by atoms with Gasteiger partial charge in [-0.05, 0) is 44.9 Å². The van der Waals surface area contributed by atoms with Gasteiger partial charge in [0, 0.05) is 31.2 Å². The van der Waals surface area contributed by atoms with Gasteiger partial charge in [0.05, 0.1) is 5.41 Å². The molecule has 4 rings (SSSR count). The third-order valence-corrected chi connectivity index (χ3v) is 5.98. The standard InChI is InChI=1S/C15H25F3N2/c1-4-12(20-6-10(2)19-5-11(20)3)13-7-14(8-13,9-13)15(16,17)18/h10-12,19H,4-9H2,1-3H3/t10-,11+,12?,13?,14?/m0/s1. The molecule has 0 aromatic carbocycles. The predicted octanol–water partition coefficient (Wildman–Crippen LogP) is 3.18. The summed E-state index contributed by atoms with van der Waals surface area (Å²) in [5.74, 6) is 0. The van der Waals surface area contributed by atoms with Gasteiger partial charge >= 0.3 is 6.18 Å². The second kappa shape index (κ2) is 4.35. The lowest BCUT2D eigenvalue weighted by Gasteiger charge is -2.74. The lowest BCUT2D eigenvalue weighted by atomic mass is 9.32. The predicted molar refractivity (Wildman–Crippen MR) is 72.5 cm³/mol. The van der Waals surface area contributed by atoms with Gasteiger partial charge in [0.2, 0.25) is 0 Å². The van der Waals surface area contributed by atoms with Crippen molar-refractivity contribution in [2.45, 2.75) is 70.8 Å². The maximum atomic E-state index is 13.0. The smallest absolute Gasteiger partial charge is 0.311 e. The van der Waals surface area contributed by atoms with E-state index in [-0.39, 0.29) is 5.41 Å². The Hall–Kier alpha value is -0.290.